The van der Waals surface area contributed by atoms with Gasteiger partial charge >= 0.3 is 0 Å². The molecule has 21 heavy (non-hydrogen) atoms. The van der Waals surface area contributed by atoms with E-state index in [1.54, 1.807) is 0 Å². The van der Waals surface area contributed by atoms with E-state index in [9.17, 15) is 0 Å². The summed E-state index contributed by atoms with van der Waals surface area (Å²) >= 11 is 0. The van der Waals surface area contributed by atoms with Crippen molar-refractivity contribution < 1.29 is 0 Å². The van der Waals surface area contributed by atoms with Crippen molar-refractivity contribution in [3.8, 4) is 0 Å². The largest absolute Gasteiger partial charge is 0.370 e. The van der Waals surface area contributed by atoms with Gasteiger partial charge < -0.3 is 16.0 Å². The number of halogens is 1. The normalized spacial score (nSPS) is 22.8. The molecule has 1 saturated heterocycles. The van der Waals surface area contributed by atoms with Gasteiger partial charge in [-0.25, -0.2) is 0 Å². The van der Waals surface area contributed by atoms with Crippen molar-refractivity contribution in [3.05, 3.63) is 0 Å². The van der Waals surface area contributed by atoms with E-state index >= 15 is 0 Å². The second-order valence-corrected chi connectivity index (χ2v) is 6.41. The minimum atomic E-state index is 0. The first-order valence-corrected chi connectivity index (χ1v) is 8.56. The number of hydrogen-bond donors (Lipinski definition) is 2. The van der Waals surface area contributed by atoms with Crippen LogP contribution in [0.25, 0.3) is 0 Å². The Morgan fingerprint density at radius 1 is 1.14 bits per heavy atom. The monoisotopic (exact) mass is 408 g/mol. The van der Waals surface area contributed by atoms with E-state index in [-0.39, 0.29) is 24.0 Å². The van der Waals surface area contributed by atoms with Gasteiger partial charge in [0.05, 0.1) is 0 Å². The molecule has 0 amide bonds. The molecule has 0 bridgehead atoms. The third-order valence-electron chi connectivity index (χ3n) is 4.93. The summed E-state index contributed by atoms with van der Waals surface area (Å²) in [5.41, 5.74) is 5.99. The standard InChI is InChI=1S/C16H32N4.HI/c1-2-20-12-9-14(10-13-20)8-11-18-16(17)19-15-6-4-3-5-7-15;/h14-15H,2-13H2,1H3,(H3,17,18,19);1H. The molecule has 3 N–H and O–H groups in total. The molecule has 1 saturated carbocycles. The number of nitrogens with two attached hydrogens (primary N) is 1. The Labute approximate surface area is 147 Å². The fraction of sp³-hybridized carbons (Fsp3) is 0.938. The van der Waals surface area contributed by atoms with Crippen LogP contribution in [-0.4, -0.2) is 43.1 Å². The molecule has 0 aromatic heterocycles. The maximum Gasteiger partial charge on any atom is 0.188 e. The lowest BCUT2D eigenvalue weighted by molar-refractivity contribution is 0.188. The zero-order valence-electron chi connectivity index (χ0n) is 13.5. The van der Waals surface area contributed by atoms with Gasteiger partial charge in [0.25, 0.3) is 0 Å². The molecule has 1 aliphatic heterocycles. The van der Waals surface area contributed by atoms with Gasteiger partial charge in [-0.2, -0.15) is 0 Å². The van der Waals surface area contributed by atoms with Crippen LogP contribution in [0.1, 0.15) is 58.3 Å². The first-order chi connectivity index (χ1) is 9.78. The van der Waals surface area contributed by atoms with Crippen molar-refractivity contribution in [3.63, 3.8) is 0 Å². The van der Waals surface area contributed by atoms with Crippen LogP contribution in [0.4, 0.5) is 0 Å². The number of hydrogen-bond acceptors (Lipinski definition) is 2. The van der Waals surface area contributed by atoms with E-state index in [2.05, 4.69) is 22.1 Å². The zero-order chi connectivity index (χ0) is 14.2. The molecule has 0 radical (unpaired) electrons. The Bertz CT molecular complexity index is 295. The van der Waals surface area contributed by atoms with E-state index in [0.29, 0.717) is 12.0 Å². The Balaban J connectivity index is 0.00000220. The summed E-state index contributed by atoms with van der Waals surface area (Å²) in [7, 11) is 0. The van der Waals surface area contributed by atoms with Crippen molar-refractivity contribution in [2.75, 3.05) is 26.2 Å². The number of rotatable bonds is 5. The van der Waals surface area contributed by atoms with Gasteiger partial charge in [-0.3, -0.25) is 4.99 Å². The number of likely N-dealkylation sites (tertiary alicyclic amines) is 1. The molecular weight excluding hydrogens is 375 g/mol. The van der Waals surface area contributed by atoms with E-state index < -0.39 is 0 Å². The SMILES string of the molecule is CCN1CCC(CCN=C(N)NC2CCCCC2)CC1.I. The first-order valence-electron chi connectivity index (χ1n) is 8.56. The van der Waals surface area contributed by atoms with Crippen LogP contribution >= 0.6 is 24.0 Å². The van der Waals surface area contributed by atoms with Crippen molar-refractivity contribution in [1.29, 1.82) is 0 Å². The van der Waals surface area contributed by atoms with E-state index in [1.165, 1.54) is 71.0 Å². The zero-order valence-corrected chi connectivity index (χ0v) is 15.9. The van der Waals surface area contributed by atoms with Gasteiger partial charge in [-0.05, 0) is 57.7 Å². The number of aliphatic imine (C=N–C) groups is 1. The summed E-state index contributed by atoms with van der Waals surface area (Å²) in [4.78, 5) is 7.06. The Morgan fingerprint density at radius 2 is 1.81 bits per heavy atom. The fourth-order valence-electron chi connectivity index (χ4n) is 3.46. The third kappa shape index (κ3) is 7.17. The minimum Gasteiger partial charge on any atom is -0.370 e. The highest BCUT2D eigenvalue weighted by Gasteiger charge is 2.17. The van der Waals surface area contributed by atoms with Gasteiger partial charge in [-0.15, -0.1) is 24.0 Å². The lowest BCUT2D eigenvalue weighted by Gasteiger charge is -2.30. The minimum absolute atomic E-state index is 0. The molecule has 0 spiro atoms. The molecule has 5 heteroatoms. The summed E-state index contributed by atoms with van der Waals surface area (Å²) in [6.45, 7) is 6.87. The molecule has 124 valence electrons. The molecule has 0 aromatic rings. The molecular formula is C16H33IN4. The topological polar surface area (TPSA) is 53.6 Å². The fourth-order valence-corrected chi connectivity index (χ4v) is 3.46. The van der Waals surface area contributed by atoms with Crippen molar-refractivity contribution >= 4 is 29.9 Å². The van der Waals surface area contributed by atoms with Gasteiger partial charge in [-0.1, -0.05) is 26.2 Å². The van der Waals surface area contributed by atoms with Crippen molar-refractivity contribution in [2.45, 2.75) is 64.3 Å². The highest BCUT2D eigenvalue weighted by molar-refractivity contribution is 14.0. The first kappa shape index (κ1) is 19.0. The molecule has 4 nitrogen and oxygen atoms in total. The summed E-state index contributed by atoms with van der Waals surface area (Å²) in [5.74, 6) is 1.52. The second kappa shape index (κ2) is 10.6. The molecule has 2 fully saturated rings. The van der Waals surface area contributed by atoms with Crippen LogP contribution in [-0.2, 0) is 0 Å². The van der Waals surface area contributed by atoms with Crippen LogP contribution in [0.15, 0.2) is 4.99 Å². The molecule has 1 heterocycles. The molecule has 1 aliphatic carbocycles. The highest BCUT2D eigenvalue weighted by Crippen LogP contribution is 2.20. The van der Waals surface area contributed by atoms with E-state index in [1.807, 2.05) is 0 Å². The average molecular weight is 408 g/mol. The third-order valence-corrected chi connectivity index (χ3v) is 4.93. The summed E-state index contributed by atoms with van der Waals surface area (Å²) < 4.78 is 0. The molecule has 2 rings (SSSR count). The molecule has 0 aromatic carbocycles. The lowest BCUT2D eigenvalue weighted by Crippen LogP contribution is -2.41. The quantitative estimate of drug-likeness (QED) is 0.418. The molecule has 0 unspecified atom stereocenters. The maximum atomic E-state index is 5.99. The Kier molecular flexibility index (Phi) is 9.64. The van der Waals surface area contributed by atoms with Gasteiger partial charge in [0.1, 0.15) is 0 Å². The predicted octanol–water partition coefficient (Wildman–Crippen LogP) is 2.96. The molecule has 0 atom stereocenters. The Hall–Kier alpha value is -0.0400. The summed E-state index contributed by atoms with van der Waals surface area (Å²) in [6, 6.07) is 0.570. The number of nitrogens with zero attached hydrogens (tertiary/aromatic N) is 2. The lowest BCUT2D eigenvalue weighted by atomic mass is 9.94. The van der Waals surface area contributed by atoms with Crippen molar-refractivity contribution in [2.24, 2.45) is 16.6 Å². The van der Waals surface area contributed by atoms with Crippen LogP contribution in [0.5, 0.6) is 0 Å². The summed E-state index contributed by atoms with van der Waals surface area (Å²) in [5, 5.41) is 3.39. The predicted molar refractivity (Wildman–Crippen MR) is 101 cm³/mol. The number of guanidine groups is 1. The van der Waals surface area contributed by atoms with Crippen LogP contribution in [0, 0.1) is 5.92 Å². The smallest absolute Gasteiger partial charge is 0.188 e. The number of nitrogens with one attached hydrogen (secondary N) is 1. The Morgan fingerprint density at radius 3 is 2.43 bits per heavy atom. The van der Waals surface area contributed by atoms with E-state index in [0.717, 1.165) is 12.5 Å². The van der Waals surface area contributed by atoms with Crippen LogP contribution < -0.4 is 11.1 Å². The van der Waals surface area contributed by atoms with Crippen molar-refractivity contribution in [1.82, 2.24) is 10.2 Å². The second-order valence-electron chi connectivity index (χ2n) is 6.41. The van der Waals surface area contributed by atoms with Gasteiger partial charge in [0.15, 0.2) is 5.96 Å². The number of piperidine rings is 1. The van der Waals surface area contributed by atoms with Crippen LogP contribution in [0.3, 0.4) is 0 Å². The summed E-state index contributed by atoms with van der Waals surface area (Å²) in [6.07, 6.45) is 10.4. The highest BCUT2D eigenvalue weighted by atomic mass is 127. The van der Waals surface area contributed by atoms with Gasteiger partial charge in [0.2, 0.25) is 0 Å². The average Bonchev–Trinajstić information content (AvgIpc) is 2.49. The maximum absolute atomic E-state index is 5.99. The van der Waals surface area contributed by atoms with E-state index in [4.69, 9.17) is 5.73 Å². The molecule has 2 aliphatic rings. The van der Waals surface area contributed by atoms with Crippen LogP contribution in [0.2, 0.25) is 0 Å². The van der Waals surface area contributed by atoms with Gasteiger partial charge in [0, 0.05) is 12.6 Å².